The molecule has 0 atom stereocenters. The van der Waals surface area contributed by atoms with Crippen molar-refractivity contribution in [3.05, 3.63) is 70.8 Å². The molecule has 188 valence electrons. The van der Waals surface area contributed by atoms with Gasteiger partial charge in [0.1, 0.15) is 0 Å². The van der Waals surface area contributed by atoms with Crippen molar-refractivity contribution in [2.24, 2.45) is 4.99 Å². The lowest BCUT2D eigenvalue weighted by atomic mass is 9.91. The van der Waals surface area contributed by atoms with Crippen molar-refractivity contribution >= 4 is 18.0 Å². The van der Waals surface area contributed by atoms with Gasteiger partial charge in [0.05, 0.1) is 6.61 Å². The van der Waals surface area contributed by atoms with Crippen LogP contribution in [0.4, 0.5) is 22.4 Å². The average Bonchev–Trinajstić information content (AvgIpc) is 2.82. The molecule has 0 bridgehead atoms. The van der Waals surface area contributed by atoms with Gasteiger partial charge in [-0.1, -0.05) is 6.07 Å². The van der Waals surface area contributed by atoms with E-state index in [0.717, 1.165) is 30.3 Å². The fourth-order valence-electron chi connectivity index (χ4n) is 3.67. The zero-order valence-electron chi connectivity index (χ0n) is 19.0. The van der Waals surface area contributed by atoms with Crippen molar-refractivity contribution < 1.29 is 31.9 Å². The molecule has 1 fully saturated rings. The van der Waals surface area contributed by atoms with Crippen LogP contribution in [0, 0.1) is 23.3 Å². The number of halogens is 4. The van der Waals surface area contributed by atoms with Crippen LogP contribution in [0.25, 0.3) is 0 Å². The Morgan fingerprint density at radius 1 is 0.886 bits per heavy atom. The Balaban J connectivity index is 1.69. The maximum Gasteiger partial charge on any atom is 0.407 e. The molecule has 1 aliphatic rings. The zero-order valence-corrected chi connectivity index (χ0v) is 19.0. The number of ether oxygens (including phenoxy) is 1. The number of benzene rings is 2. The molecule has 0 aliphatic heterocycles. The lowest BCUT2D eigenvalue weighted by Crippen LogP contribution is -2.47. The smallest absolute Gasteiger partial charge is 0.407 e. The number of carbonyl (C=O) groups is 2. The Labute approximate surface area is 200 Å². The maximum atomic E-state index is 13.6. The molecule has 2 amide bonds. The first kappa shape index (κ1) is 26.0. The normalized spacial score (nSPS) is 18.0. The highest BCUT2D eigenvalue weighted by molar-refractivity contribution is 6.02. The molecule has 35 heavy (non-hydrogen) atoms. The van der Waals surface area contributed by atoms with Crippen LogP contribution in [-0.2, 0) is 11.3 Å². The van der Waals surface area contributed by atoms with Crippen LogP contribution in [0.3, 0.4) is 0 Å². The molecule has 3 rings (SSSR count). The zero-order chi connectivity index (χ0) is 25.4. The van der Waals surface area contributed by atoms with Gasteiger partial charge >= 0.3 is 6.09 Å². The number of aliphatic imine (C=N–C) groups is 1. The molecule has 0 spiro atoms. The summed E-state index contributed by atoms with van der Waals surface area (Å²) < 4.78 is 58.4. The van der Waals surface area contributed by atoms with E-state index >= 15 is 0 Å². The van der Waals surface area contributed by atoms with E-state index in [-0.39, 0.29) is 36.8 Å². The van der Waals surface area contributed by atoms with E-state index in [1.807, 2.05) is 0 Å². The molecule has 0 radical (unpaired) electrons. The van der Waals surface area contributed by atoms with E-state index in [9.17, 15) is 27.2 Å². The first-order valence-electron chi connectivity index (χ1n) is 11.2. The van der Waals surface area contributed by atoms with Crippen molar-refractivity contribution in [3.8, 4) is 0 Å². The number of alkyl carbamates (subject to hydrolysis) is 1. The quantitative estimate of drug-likeness (QED) is 0.319. The Morgan fingerprint density at radius 2 is 1.49 bits per heavy atom. The van der Waals surface area contributed by atoms with E-state index in [1.54, 1.807) is 6.92 Å². The molecule has 3 N–H and O–H groups in total. The van der Waals surface area contributed by atoms with Gasteiger partial charge in [-0.2, -0.15) is 4.99 Å². The largest absolute Gasteiger partial charge is 0.450 e. The van der Waals surface area contributed by atoms with E-state index in [0.29, 0.717) is 31.2 Å². The van der Waals surface area contributed by atoms with Gasteiger partial charge in [-0.15, -0.1) is 0 Å². The fraction of sp³-hybridized carbons (Fsp3) is 0.375. The van der Waals surface area contributed by atoms with Crippen LogP contribution in [0.1, 0.15) is 48.5 Å². The van der Waals surface area contributed by atoms with Gasteiger partial charge in [0.15, 0.2) is 29.2 Å². The van der Waals surface area contributed by atoms with Crippen LogP contribution >= 0.6 is 0 Å². The fourth-order valence-corrected chi connectivity index (χ4v) is 3.67. The highest BCUT2D eigenvalue weighted by Crippen LogP contribution is 2.19. The summed E-state index contributed by atoms with van der Waals surface area (Å²) >= 11 is 0. The number of nitrogens with zero attached hydrogens (tertiary/aromatic N) is 1. The van der Waals surface area contributed by atoms with Crippen LogP contribution in [0.15, 0.2) is 41.4 Å². The topological polar surface area (TPSA) is 91.8 Å². The lowest BCUT2D eigenvalue weighted by Gasteiger charge is -2.30. The standard InChI is InChI=1S/C24H26F4N4O3/c1-2-35-24(34)31-17-7-5-16(6-8-17)30-23(29-13-14-3-9-18(25)20(27)11-14)32-22(33)15-4-10-19(26)21(28)12-15/h3-4,9-12,16-17H,2,5-8,13H2,1H3,(H,31,34)(H2,29,30,32,33)/t16-,17-. The van der Waals surface area contributed by atoms with Gasteiger partial charge in [-0.25, -0.2) is 22.4 Å². The highest BCUT2D eigenvalue weighted by Gasteiger charge is 2.24. The summed E-state index contributed by atoms with van der Waals surface area (Å²) in [6, 6.07) is 5.92. The second kappa shape index (κ2) is 12.2. The van der Waals surface area contributed by atoms with E-state index < -0.39 is 35.3 Å². The van der Waals surface area contributed by atoms with Crippen molar-refractivity contribution in [2.75, 3.05) is 6.61 Å². The molecular weight excluding hydrogens is 468 g/mol. The second-order valence-corrected chi connectivity index (χ2v) is 8.05. The summed E-state index contributed by atoms with van der Waals surface area (Å²) in [4.78, 5) is 28.2. The lowest BCUT2D eigenvalue weighted by molar-refractivity contribution is 0.100. The molecule has 1 saturated carbocycles. The molecule has 0 unspecified atom stereocenters. The van der Waals surface area contributed by atoms with E-state index in [1.165, 1.54) is 6.07 Å². The van der Waals surface area contributed by atoms with Gasteiger partial charge in [-0.05, 0) is 68.5 Å². The molecular formula is C24H26F4N4O3. The predicted molar refractivity (Wildman–Crippen MR) is 121 cm³/mol. The third-order valence-corrected chi connectivity index (χ3v) is 5.49. The van der Waals surface area contributed by atoms with Gasteiger partial charge in [0.25, 0.3) is 5.91 Å². The Hall–Kier alpha value is -3.63. The van der Waals surface area contributed by atoms with Crippen molar-refractivity contribution in [1.29, 1.82) is 0 Å². The number of amides is 2. The predicted octanol–water partition coefficient (Wildman–Crippen LogP) is 4.18. The number of hydrogen-bond acceptors (Lipinski definition) is 3. The Kier molecular flexibility index (Phi) is 9.04. The minimum absolute atomic E-state index is 0.0217. The molecule has 2 aromatic carbocycles. The minimum atomic E-state index is -1.18. The molecule has 2 aromatic rings. The summed E-state index contributed by atoms with van der Waals surface area (Å²) in [7, 11) is 0. The molecule has 7 nitrogen and oxygen atoms in total. The SMILES string of the molecule is CCOC(=O)N[C@H]1CC[C@H](N/C(=N\C(=O)c2ccc(F)c(F)c2)NCc2ccc(F)c(F)c2)CC1. The summed E-state index contributed by atoms with van der Waals surface area (Å²) in [5.74, 6) is -5.03. The Bertz CT molecular complexity index is 1090. The van der Waals surface area contributed by atoms with Gasteiger partial charge in [0.2, 0.25) is 0 Å². The van der Waals surface area contributed by atoms with Crippen molar-refractivity contribution in [2.45, 2.75) is 51.2 Å². The van der Waals surface area contributed by atoms with E-state index in [4.69, 9.17) is 4.74 Å². The Morgan fingerprint density at radius 3 is 2.09 bits per heavy atom. The summed E-state index contributed by atoms with van der Waals surface area (Å²) in [5, 5.41) is 8.80. The molecule has 1 aliphatic carbocycles. The average molecular weight is 494 g/mol. The number of nitrogens with one attached hydrogen (secondary N) is 3. The highest BCUT2D eigenvalue weighted by atomic mass is 19.2. The molecule has 0 heterocycles. The van der Waals surface area contributed by atoms with Crippen LogP contribution in [0.2, 0.25) is 0 Å². The van der Waals surface area contributed by atoms with Crippen LogP contribution in [-0.4, -0.2) is 36.7 Å². The molecule has 0 saturated heterocycles. The monoisotopic (exact) mass is 494 g/mol. The van der Waals surface area contributed by atoms with Crippen molar-refractivity contribution in [1.82, 2.24) is 16.0 Å². The third kappa shape index (κ3) is 7.69. The molecule has 0 aromatic heterocycles. The molecule has 11 heteroatoms. The first-order chi connectivity index (χ1) is 16.7. The van der Waals surface area contributed by atoms with Gasteiger partial charge < -0.3 is 20.7 Å². The minimum Gasteiger partial charge on any atom is -0.450 e. The second-order valence-electron chi connectivity index (χ2n) is 8.05. The maximum absolute atomic E-state index is 13.6. The van der Waals surface area contributed by atoms with Gasteiger partial charge in [-0.3, -0.25) is 4.79 Å². The van der Waals surface area contributed by atoms with E-state index in [2.05, 4.69) is 20.9 Å². The summed E-state index contributed by atoms with van der Waals surface area (Å²) in [5.41, 5.74) is 0.251. The number of rotatable bonds is 6. The first-order valence-corrected chi connectivity index (χ1v) is 11.2. The number of hydrogen-bond donors (Lipinski definition) is 3. The van der Waals surface area contributed by atoms with Crippen LogP contribution in [0.5, 0.6) is 0 Å². The summed E-state index contributed by atoms with van der Waals surface area (Å²) in [6.07, 6.45) is 2.12. The van der Waals surface area contributed by atoms with Crippen LogP contribution < -0.4 is 16.0 Å². The number of guanidine groups is 1. The van der Waals surface area contributed by atoms with Gasteiger partial charge in [0, 0.05) is 24.2 Å². The van der Waals surface area contributed by atoms with Crippen molar-refractivity contribution in [3.63, 3.8) is 0 Å². The number of carbonyl (C=O) groups excluding carboxylic acids is 2. The third-order valence-electron chi connectivity index (χ3n) is 5.49. The summed E-state index contributed by atoms with van der Waals surface area (Å²) in [6.45, 7) is 2.02.